The third-order valence-electron chi connectivity index (χ3n) is 2.17. The topological polar surface area (TPSA) is 0 Å². The molecule has 0 amide bonds. The van der Waals surface area contributed by atoms with Crippen LogP contribution in [0.15, 0.2) is 36.4 Å². The Labute approximate surface area is 114 Å². The molecule has 2 aromatic rings. The van der Waals surface area contributed by atoms with Crippen LogP contribution < -0.4 is 0 Å². The van der Waals surface area contributed by atoms with Gasteiger partial charge in [-0.25, -0.2) is 0 Å². The summed E-state index contributed by atoms with van der Waals surface area (Å²) in [5, 5.41) is 2.10. The molecule has 2 aromatic carbocycles. The quantitative estimate of drug-likeness (QED) is 0.609. The molecule has 0 spiro atoms. The Morgan fingerprint density at radius 1 is 0.500 bits per heavy atom. The summed E-state index contributed by atoms with van der Waals surface area (Å²) >= 11 is 23.6. The maximum Gasteiger partial charge on any atom is 0.0598 e. The fraction of sp³-hybridized carbons (Fsp3) is 0. The molecule has 0 unspecified atom stereocenters. The van der Waals surface area contributed by atoms with Gasteiger partial charge in [0.15, 0.2) is 0 Å². The summed E-state index contributed by atoms with van der Waals surface area (Å²) in [5.74, 6) is 0. The van der Waals surface area contributed by atoms with Crippen molar-refractivity contribution in [1.29, 1.82) is 0 Å². The predicted molar refractivity (Wildman–Crippen MR) is 71.9 cm³/mol. The molecule has 0 N–H and O–H groups in total. The van der Waals surface area contributed by atoms with Gasteiger partial charge in [-0.05, 0) is 35.4 Å². The predicted octanol–water partition coefficient (Wildman–Crippen LogP) is 5.97. The van der Waals surface area contributed by atoms with Gasteiger partial charge in [0, 0.05) is 0 Å². The number of hydrogen-bond acceptors (Lipinski definition) is 0. The van der Waals surface area contributed by atoms with Crippen LogP contribution in [0.1, 0.15) is 0 Å². The molecular weight excluding hydrogens is 298 g/mol. The Kier molecular flexibility index (Phi) is 3.66. The molecule has 4 heteroatoms. The minimum Gasteiger partial charge on any atom is -0.0827 e. The highest BCUT2D eigenvalue weighted by atomic mass is 35.5. The van der Waals surface area contributed by atoms with Gasteiger partial charge in [-0.2, -0.15) is 0 Å². The molecule has 0 aromatic heterocycles. The van der Waals surface area contributed by atoms with Crippen molar-refractivity contribution in [2.45, 2.75) is 0 Å². The summed E-state index contributed by atoms with van der Waals surface area (Å²) in [5.41, 5.74) is 1.90. The zero-order valence-electron chi connectivity index (χ0n) is 7.98. The lowest BCUT2D eigenvalue weighted by atomic mass is 11.1. The summed E-state index contributed by atoms with van der Waals surface area (Å²) in [6.45, 7) is 0. The van der Waals surface area contributed by atoms with Gasteiger partial charge in [0.25, 0.3) is 0 Å². The smallest absolute Gasteiger partial charge is 0.0598 e. The van der Waals surface area contributed by atoms with Crippen molar-refractivity contribution in [1.82, 2.24) is 0 Å². The van der Waals surface area contributed by atoms with Gasteiger partial charge in [0.2, 0.25) is 0 Å². The van der Waals surface area contributed by atoms with Crippen LogP contribution in [0.5, 0.6) is 0 Å². The highest BCUT2D eigenvalue weighted by molar-refractivity contribution is 6.42. The molecule has 0 fully saturated rings. The van der Waals surface area contributed by atoms with Crippen molar-refractivity contribution in [2.75, 3.05) is 0 Å². The van der Waals surface area contributed by atoms with E-state index in [1.807, 2.05) is 12.1 Å². The Bertz CT molecular complexity index is 485. The first-order valence-corrected chi connectivity index (χ1v) is 5.99. The zero-order valence-corrected chi connectivity index (χ0v) is 11.0. The lowest BCUT2D eigenvalue weighted by molar-refractivity contribution is 1.61. The Morgan fingerprint density at radius 3 is 1.19 bits per heavy atom. The second-order valence-corrected chi connectivity index (χ2v) is 4.89. The normalized spacial score (nSPS) is 10.5. The van der Waals surface area contributed by atoms with Crippen LogP contribution in [0, 0.1) is 0 Å². The minimum atomic E-state index is 0.519. The van der Waals surface area contributed by atoms with E-state index >= 15 is 0 Å². The van der Waals surface area contributed by atoms with Crippen molar-refractivity contribution in [3.8, 4) is 11.1 Å². The summed E-state index contributed by atoms with van der Waals surface area (Å²) in [6, 6.07) is 10.9. The molecule has 0 bridgehead atoms. The van der Waals surface area contributed by atoms with Crippen molar-refractivity contribution in [3.05, 3.63) is 56.5 Å². The second-order valence-electron chi connectivity index (χ2n) is 3.26. The van der Waals surface area contributed by atoms with Gasteiger partial charge in [-0.15, -0.1) is 0 Å². The summed E-state index contributed by atoms with van der Waals surface area (Å²) < 4.78 is 0. The molecule has 0 aliphatic heterocycles. The average molecular weight is 304 g/mol. The molecule has 0 saturated carbocycles. The summed E-state index contributed by atoms with van der Waals surface area (Å²) in [6.07, 6.45) is 0. The summed E-state index contributed by atoms with van der Waals surface area (Å²) in [7, 11) is 0. The maximum atomic E-state index is 5.94. The molecule has 0 heterocycles. The molecule has 0 nitrogen and oxygen atoms in total. The number of benzene rings is 2. The third kappa shape index (κ3) is 2.46. The van der Waals surface area contributed by atoms with Gasteiger partial charge in [-0.1, -0.05) is 58.5 Å². The first-order chi connectivity index (χ1) is 7.58. The number of hydrogen-bond donors (Lipinski definition) is 0. The van der Waals surface area contributed by atoms with Gasteiger partial charge in [0.05, 0.1) is 20.1 Å². The van der Waals surface area contributed by atoms with Crippen LogP contribution in [0.3, 0.4) is 0 Å². The maximum absolute atomic E-state index is 5.94. The molecule has 2 rings (SSSR count). The first-order valence-electron chi connectivity index (χ1n) is 4.48. The van der Waals surface area contributed by atoms with E-state index in [1.165, 1.54) is 0 Å². The first kappa shape index (κ1) is 12.1. The second kappa shape index (κ2) is 4.85. The highest BCUT2D eigenvalue weighted by Gasteiger charge is 2.04. The van der Waals surface area contributed by atoms with Crippen molar-refractivity contribution >= 4 is 46.4 Å². The molecule has 16 heavy (non-hydrogen) atoms. The van der Waals surface area contributed by atoms with Crippen LogP contribution in [-0.4, -0.2) is 0 Å². The van der Waals surface area contributed by atoms with E-state index in [4.69, 9.17) is 46.4 Å². The fourth-order valence-corrected chi connectivity index (χ4v) is 1.95. The van der Waals surface area contributed by atoms with E-state index in [9.17, 15) is 0 Å². The molecule has 0 aliphatic rings. The SMILES string of the molecule is Cl[13c]1[13cH][13cH][13c](-[13c]2[13cH][13cH][13c](Cl)[13c](Cl)[13cH]2)[13cH][13c]1Cl. The van der Waals surface area contributed by atoms with Crippen LogP contribution >= 0.6 is 46.4 Å². The zero-order chi connectivity index (χ0) is 11.7. The van der Waals surface area contributed by atoms with Gasteiger partial charge < -0.3 is 0 Å². The van der Waals surface area contributed by atoms with E-state index in [0.717, 1.165) is 11.1 Å². The van der Waals surface area contributed by atoms with E-state index < -0.39 is 0 Å². The Hall–Kier alpha value is -0.400. The van der Waals surface area contributed by atoms with Crippen molar-refractivity contribution in [3.63, 3.8) is 0 Å². The van der Waals surface area contributed by atoms with Crippen molar-refractivity contribution < 1.29 is 0 Å². The Balaban J connectivity index is 2.50. The minimum absolute atomic E-state index is 0.519. The van der Waals surface area contributed by atoms with Crippen molar-refractivity contribution in [2.24, 2.45) is 0 Å². The lowest BCUT2D eigenvalue weighted by Gasteiger charge is -2.05. The molecule has 82 valence electrons. The number of halogens is 4. The van der Waals surface area contributed by atoms with Crippen LogP contribution in [-0.2, 0) is 0 Å². The summed E-state index contributed by atoms with van der Waals surface area (Å²) in [4.78, 5) is 0. The average Bonchev–Trinajstić information content (AvgIpc) is 2.26. The molecule has 0 atom stereocenters. The Morgan fingerprint density at radius 2 is 0.875 bits per heavy atom. The fourth-order valence-electron chi connectivity index (χ4n) is 1.35. The van der Waals surface area contributed by atoms with Crippen LogP contribution in [0.2, 0.25) is 20.1 Å². The molecule has 0 radical (unpaired) electrons. The van der Waals surface area contributed by atoms with E-state index in [1.54, 1.807) is 24.3 Å². The largest absolute Gasteiger partial charge is 0.0827 e. The van der Waals surface area contributed by atoms with Crippen LogP contribution in [0.25, 0.3) is 11.1 Å². The third-order valence-corrected chi connectivity index (χ3v) is 3.65. The standard InChI is InChI=1S/C12H6Cl4/c13-9-3-1-7(5-11(9)15)8-2-4-10(14)12(16)6-8/h1-6H/i1+1,2+1,3+1,4+1,5+1,6+1,7+1,8+1,9+1,10+1,11+1,12+1. The highest BCUT2D eigenvalue weighted by Crippen LogP contribution is 2.32. The van der Waals surface area contributed by atoms with Gasteiger partial charge in [-0.3, -0.25) is 0 Å². The van der Waals surface area contributed by atoms with E-state index in [0.29, 0.717) is 20.1 Å². The van der Waals surface area contributed by atoms with Gasteiger partial charge in [0.1, 0.15) is 0 Å². The molecule has 0 aliphatic carbocycles. The van der Waals surface area contributed by atoms with E-state index in [-0.39, 0.29) is 0 Å². The monoisotopic (exact) mass is 302 g/mol. The molecular formula is C12H6Cl4. The van der Waals surface area contributed by atoms with Gasteiger partial charge >= 0.3 is 0 Å². The number of rotatable bonds is 1. The van der Waals surface area contributed by atoms with Crippen LogP contribution in [0.4, 0.5) is 0 Å². The van der Waals surface area contributed by atoms with E-state index in [2.05, 4.69) is 0 Å². The lowest BCUT2D eigenvalue weighted by Crippen LogP contribution is -1.79. The molecule has 0 saturated heterocycles.